The maximum Gasteiger partial charge on any atom is 0.384 e. The minimum atomic E-state index is -0.747. The third-order valence-corrected chi connectivity index (χ3v) is 3.40. The molecule has 6 nitrogen and oxygen atoms in total. The molecule has 6 heteroatoms. The fraction of sp³-hybridized carbons (Fsp3) is 0.471. The number of benzene rings is 1. The summed E-state index contributed by atoms with van der Waals surface area (Å²) in [5.74, 6) is 3.66. The number of hydrogen-bond donors (Lipinski definition) is 1. The van der Waals surface area contributed by atoms with Crippen LogP contribution in [-0.2, 0) is 25.5 Å². The summed E-state index contributed by atoms with van der Waals surface area (Å²) >= 11 is 0. The lowest BCUT2D eigenvalue weighted by Gasteiger charge is -2.26. The Morgan fingerprint density at radius 1 is 1.48 bits per heavy atom. The third-order valence-electron chi connectivity index (χ3n) is 3.40. The number of hydrogen-bond acceptors (Lipinski definition) is 6. The second-order valence-corrected chi connectivity index (χ2v) is 5.66. The molecule has 0 aromatic heterocycles. The Bertz CT molecular complexity index is 590. The van der Waals surface area contributed by atoms with Crippen LogP contribution < -0.4 is 0 Å². The summed E-state index contributed by atoms with van der Waals surface area (Å²) < 4.78 is 15.8. The van der Waals surface area contributed by atoms with Crippen molar-refractivity contribution in [3.8, 4) is 11.8 Å². The maximum absolute atomic E-state index is 11.3. The van der Waals surface area contributed by atoms with Crippen LogP contribution in [-0.4, -0.2) is 47.9 Å². The van der Waals surface area contributed by atoms with Gasteiger partial charge in [0.1, 0.15) is 12.1 Å². The van der Waals surface area contributed by atoms with Crippen LogP contribution in [0.5, 0.6) is 0 Å². The molecule has 23 heavy (non-hydrogen) atoms. The Morgan fingerprint density at radius 2 is 2.17 bits per heavy atom. The molecule has 1 aromatic rings. The van der Waals surface area contributed by atoms with Gasteiger partial charge in [0.15, 0.2) is 5.79 Å². The average Bonchev–Trinajstić information content (AvgIpc) is 2.88. The topological polar surface area (TPSA) is 68.2 Å². The SMILES string of the molecule is COC(=O)C#CC([C@@H]1COC(C)(C)O1)N(O)Cc1ccccc1. The van der Waals surface area contributed by atoms with Gasteiger partial charge in [0.05, 0.1) is 20.3 Å². The third kappa shape index (κ3) is 5.05. The summed E-state index contributed by atoms with van der Waals surface area (Å²) in [7, 11) is 1.25. The molecule has 0 aliphatic carbocycles. The Kier molecular flexibility index (Phi) is 5.74. The first-order valence-electron chi connectivity index (χ1n) is 7.32. The Hall–Kier alpha value is -1.91. The Morgan fingerprint density at radius 3 is 2.74 bits per heavy atom. The zero-order valence-electron chi connectivity index (χ0n) is 13.5. The van der Waals surface area contributed by atoms with Crippen molar-refractivity contribution in [1.82, 2.24) is 5.06 Å². The summed E-state index contributed by atoms with van der Waals surface area (Å²) in [5.41, 5.74) is 0.915. The number of rotatable bonds is 4. The maximum atomic E-state index is 11.3. The van der Waals surface area contributed by atoms with Gasteiger partial charge in [-0.25, -0.2) is 4.79 Å². The lowest BCUT2D eigenvalue weighted by atomic mass is 10.1. The standard InChI is InChI=1S/C17H21NO5/c1-17(2)22-12-15(23-17)14(9-10-16(19)21-3)18(20)11-13-7-5-4-6-8-13/h4-8,14-15,20H,11-12H2,1-3H3/t14?,15-/m0/s1. The van der Waals surface area contributed by atoms with Gasteiger partial charge >= 0.3 is 5.97 Å². The molecule has 1 aliphatic rings. The molecule has 2 rings (SSSR count). The lowest BCUT2D eigenvalue weighted by molar-refractivity contribution is -0.176. The van der Waals surface area contributed by atoms with Gasteiger partial charge in [0.25, 0.3) is 0 Å². The highest BCUT2D eigenvalue weighted by molar-refractivity contribution is 5.88. The molecule has 0 bridgehead atoms. The minimum absolute atomic E-state index is 0.252. The first-order valence-corrected chi connectivity index (χ1v) is 7.32. The number of methoxy groups -OCH3 is 1. The molecule has 1 saturated heterocycles. The van der Waals surface area contributed by atoms with Crippen LogP contribution in [0, 0.1) is 11.8 Å². The van der Waals surface area contributed by atoms with Gasteiger partial charge in [-0.2, -0.15) is 5.06 Å². The van der Waals surface area contributed by atoms with Gasteiger partial charge in [0, 0.05) is 5.92 Å². The number of hydroxylamine groups is 2. The van der Waals surface area contributed by atoms with Crippen LogP contribution in [0.2, 0.25) is 0 Å². The second kappa shape index (κ2) is 7.57. The first kappa shape index (κ1) is 17.4. The van der Waals surface area contributed by atoms with Crippen molar-refractivity contribution in [2.24, 2.45) is 0 Å². The molecule has 124 valence electrons. The number of esters is 1. The van der Waals surface area contributed by atoms with E-state index < -0.39 is 23.9 Å². The van der Waals surface area contributed by atoms with E-state index in [2.05, 4.69) is 16.6 Å². The predicted molar refractivity (Wildman–Crippen MR) is 82.3 cm³/mol. The van der Waals surface area contributed by atoms with E-state index in [0.29, 0.717) is 0 Å². The molecular weight excluding hydrogens is 298 g/mol. The van der Waals surface area contributed by atoms with E-state index in [9.17, 15) is 10.0 Å². The Labute approximate surface area is 135 Å². The van der Waals surface area contributed by atoms with Crippen molar-refractivity contribution >= 4 is 5.97 Å². The van der Waals surface area contributed by atoms with Crippen molar-refractivity contribution in [3.63, 3.8) is 0 Å². The van der Waals surface area contributed by atoms with Crippen LogP contribution in [0.15, 0.2) is 30.3 Å². The molecule has 0 radical (unpaired) electrons. The average molecular weight is 319 g/mol. The molecule has 1 aliphatic heterocycles. The van der Waals surface area contributed by atoms with E-state index in [1.807, 2.05) is 30.3 Å². The van der Waals surface area contributed by atoms with Crippen molar-refractivity contribution in [2.75, 3.05) is 13.7 Å². The van der Waals surface area contributed by atoms with Crippen molar-refractivity contribution in [3.05, 3.63) is 35.9 Å². The van der Waals surface area contributed by atoms with Crippen LogP contribution >= 0.6 is 0 Å². The van der Waals surface area contributed by atoms with E-state index in [-0.39, 0.29) is 13.2 Å². The largest absolute Gasteiger partial charge is 0.459 e. The van der Waals surface area contributed by atoms with Gasteiger partial charge in [0.2, 0.25) is 0 Å². The number of carbonyl (C=O) groups excluding carboxylic acids is 1. The summed E-state index contributed by atoms with van der Waals surface area (Å²) in [6, 6.07) is 8.74. The van der Waals surface area contributed by atoms with E-state index >= 15 is 0 Å². The van der Waals surface area contributed by atoms with E-state index in [0.717, 1.165) is 10.6 Å². The van der Waals surface area contributed by atoms with Crippen LogP contribution in [0.3, 0.4) is 0 Å². The molecule has 1 heterocycles. The molecule has 0 spiro atoms. The normalized spacial score (nSPS) is 20.7. The molecular formula is C17H21NO5. The van der Waals surface area contributed by atoms with Gasteiger partial charge in [-0.3, -0.25) is 0 Å². The summed E-state index contributed by atoms with van der Waals surface area (Å²) in [4.78, 5) is 11.3. The predicted octanol–water partition coefficient (Wildman–Crippen LogP) is 1.57. The van der Waals surface area contributed by atoms with Crippen LogP contribution in [0.4, 0.5) is 0 Å². The van der Waals surface area contributed by atoms with E-state index in [1.54, 1.807) is 13.8 Å². The van der Waals surface area contributed by atoms with Crippen molar-refractivity contribution in [1.29, 1.82) is 0 Å². The molecule has 0 amide bonds. The monoisotopic (exact) mass is 319 g/mol. The van der Waals surface area contributed by atoms with E-state index in [1.165, 1.54) is 7.11 Å². The number of ether oxygens (including phenoxy) is 3. The number of nitrogens with zero attached hydrogens (tertiary/aromatic N) is 1. The van der Waals surface area contributed by atoms with Crippen LogP contribution in [0.25, 0.3) is 0 Å². The zero-order chi connectivity index (χ0) is 16.9. The van der Waals surface area contributed by atoms with Gasteiger partial charge < -0.3 is 19.4 Å². The second-order valence-electron chi connectivity index (χ2n) is 5.66. The molecule has 1 unspecified atom stereocenters. The molecule has 1 fully saturated rings. The highest BCUT2D eigenvalue weighted by atomic mass is 16.7. The lowest BCUT2D eigenvalue weighted by Crippen LogP contribution is -2.42. The summed E-state index contributed by atoms with van der Waals surface area (Å²) in [6.45, 7) is 4.11. The molecule has 2 atom stereocenters. The van der Waals surface area contributed by atoms with Gasteiger partial charge in [-0.1, -0.05) is 36.3 Å². The minimum Gasteiger partial charge on any atom is -0.459 e. The summed E-state index contributed by atoms with van der Waals surface area (Å²) in [6.07, 6.45) is -0.476. The van der Waals surface area contributed by atoms with Crippen LogP contribution in [0.1, 0.15) is 19.4 Å². The van der Waals surface area contributed by atoms with Gasteiger partial charge in [-0.15, -0.1) is 0 Å². The smallest absolute Gasteiger partial charge is 0.384 e. The van der Waals surface area contributed by atoms with E-state index in [4.69, 9.17) is 9.47 Å². The first-order chi connectivity index (χ1) is 10.9. The molecule has 1 N–H and O–H groups in total. The highest BCUT2D eigenvalue weighted by Gasteiger charge is 2.39. The van der Waals surface area contributed by atoms with Gasteiger partial charge in [-0.05, 0) is 19.4 Å². The van der Waals surface area contributed by atoms with Crippen molar-refractivity contribution < 1.29 is 24.2 Å². The highest BCUT2D eigenvalue weighted by Crippen LogP contribution is 2.26. The quantitative estimate of drug-likeness (QED) is 0.393. The Balaban J connectivity index is 2.15. The fourth-order valence-electron chi connectivity index (χ4n) is 2.28. The summed E-state index contributed by atoms with van der Waals surface area (Å²) in [5, 5.41) is 11.5. The zero-order valence-corrected chi connectivity index (χ0v) is 13.5. The molecule has 1 aromatic carbocycles. The number of carbonyl (C=O) groups is 1. The molecule has 0 saturated carbocycles. The van der Waals surface area contributed by atoms with Crippen molar-refractivity contribution in [2.45, 2.75) is 38.3 Å². The fourth-order valence-corrected chi connectivity index (χ4v) is 2.28.